The summed E-state index contributed by atoms with van der Waals surface area (Å²) < 4.78 is 55.4. The van der Waals surface area contributed by atoms with Crippen molar-refractivity contribution in [3.05, 3.63) is 47.0 Å². The molecule has 1 aliphatic rings. The molecule has 1 aliphatic heterocycles. The molecule has 0 saturated carbocycles. The van der Waals surface area contributed by atoms with Gasteiger partial charge in [-0.1, -0.05) is 0 Å². The van der Waals surface area contributed by atoms with Gasteiger partial charge in [0.25, 0.3) is 0 Å². The fourth-order valence-corrected chi connectivity index (χ4v) is 1.60. The predicted molar refractivity (Wildman–Crippen MR) is 54.4 cm³/mol. The third kappa shape index (κ3) is 2.37. The number of ether oxygens (including phenoxy) is 1. The molecule has 1 heterocycles. The lowest BCUT2D eigenvalue weighted by Gasteiger charge is -2.10. The van der Waals surface area contributed by atoms with Crippen molar-refractivity contribution in [2.45, 2.75) is 12.6 Å². The van der Waals surface area contributed by atoms with Gasteiger partial charge in [0.2, 0.25) is 5.78 Å². The minimum atomic E-state index is -4.83. The van der Waals surface area contributed by atoms with E-state index in [2.05, 4.69) is 0 Å². The second-order valence-electron chi connectivity index (χ2n) is 3.73. The molecule has 0 aliphatic carbocycles. The minimum Gasteiger partial charge on any atom is -0.489 e. The molecular formula is C12H8F4O2. The zero-order valence-corrected chi connectivity index (χ0v) is 9.05. The van der Waals surface area contributed by atoms with E-state index < -0.39 is 23.3 Å². The van der Waals surface area contributed by atoms with Crippen LogP contribution in [0.2, 0.25) is 0 Å². The van der Waals surface area contributed by atoms with Crippen LogP contribution in [-0.4, -0.2) is 12.4 Å². The Morgan fingerprint density at radius 2 is 2.00 bits per heavy atom. The Kier molecular flexibility index (Phi) is 3.11. The first-order valence-electron chi connectivity index (χ1n) is 5.14. The van der Waals surface area contributed by atoms with Crippen LogP contribution >= 0.6 is 0 Å². The summed E-state index contributed by atoms with van der Waals surface area (Å²) in [7, 11) is 0. The molecule has 0 atom stereocenters. The number of carbonyl (C=O) groups is 1. The van der Waals surface area contributed by atoms with Crippen LogP contribution in [0.15, 0.2) is 30.0 Å². The summed E-state index contributed by atoms with van der Waals surface area (Å²) in [4.78, 5) is 11.8. The number of allylic oxidation sites excluding steroid dienone is 1. The van der Waals surface area contributed by atoms with Gasteiger partial charge in [0.1, 0.15) is 5.82 Å². The topological polar surface area (TPSA) is 26.3 Å². The zero-order chi connectivity index (χ0) is 13.3. The largest absolute Gasteiger partial charge is 0.489 e. The average Bonchev–Trinajstić information content (AvgIpc) is 2.80. The average molecular weight is 260 g/mol. The second-order valence-corrected chi connectivity index (χ2v) is 3.73. The number of benzene rings is 1. The molecule has 0 bridgehead atoms. The zero-order valence-electron chi connectivity index (χ0n) is 9.05. The molecule has 96 valence electrons. The molecule has 0 amide bonds. The van der Waals surface area contributed by atoms with Crippen LogP contribution in [0.1, 0.15) is 22.3 Å². The van der Waals surface area contributed by atoms with Gasteiger partial charge in [-0.2, -0.15) is 13.2 Å². The Balaban J connectivity index is 2.38. The van der Waals surface area contributed by atoms with Crippen molar-refractivity contribution in [2.24, 2.45) is 0 Å². The number of carbonyl (C=O) groups excluding carboxylic acids is 1. The summed E-state index contributed by atoms with van der Waals surface area (Å²) in [6.07, 6.45) is -2.79. The van der Waals surface area contributed by atoms with Crippen LogP contribution in [0.25, 0.3) is 0 Å². The fraction of sp³-hybridized carbons (Fsp3) is 0.250. The summed E-state index contributed by atoms with van der Waals surface area (Å²) in [6.45, 7) is 0.328. The molecule has 0 aromatic heterocycles. The molecule has 6 heteroatoms. The van der Waals surface area contributed by atoms with Gasteiger partial charge < -0.3 is 4.74 Å². The van der Waals surface area contributed by atoms with E-state index in [0.29, 0.717) is 25.2 Å². The van der Waals surface area contributed by atoms with E-state index >= 15 is 0 Å². The maximum atomic E-state index is 13.0. The predicted octanol–water partition coefficient (Wildman–Crippen LogP) is 3.33. The van der Waals surface area contributed by atoms with Crippen LogP contribution in [0.5, 0.6) is 0 Å². The SMILES string of the molecule is O=C(C1=CCCO1)c1ccc(F)c(C(F)(F)F)c1. The molecule has 0 N–H and O–H groups in total. The normalized spacial score (nSPS) is 15.2. The van der Waals surface area contributed by atoms with Gasteiger partial charge in [0.05, 0.1) is 12.2 Å². The number of hydrogen-bond donors (Lipinski definition) is 0. The third-order valence-electron chi connectivity index (χ3n) is 2.46. The van der Waals surface area contributed by atoms with Crippen molar-refractivity contribution < 1.29 is 27.1 Å². The quantitative estimate of drug-likeness (QED) is 0.602. The van der Waals surface area contributed by atoms with E-state index in [0.717, 1.165) is 6.07 Å². The summed E-state index contributed by atoms with van der Waals surface area (Å²) in [5.74, 6) is -2.06. The van der Waals surface area contributed by atoms with Crippen LogP contribution in [0, 0.1) is 5.82 Å². The van der Waals surface area contributed by atoms with Gasteiger partial charge in [-0.15, -0.1) is 0 Å². The van der Waals surface area contributed by atoms with E-state index in [1.807, 2.05) is 0 Å². The van der Waals surface area contributed by atoms with E-state index in [4.69, 9.17) is 4.74 Å². The molecule has 18 heavy (non-hydrogen) atoms. The first-order chi connectivity index (χ1) is 8.39. The van der Waals surface area contributed by atoms with Crippen LogP contribution in [-0.2, 0) is 10.9 Å². The molecule has 2 nitrogen and oxygen atoms in total. The van der Waals surface area contributed by atoms with E-state index in [1.165, 1.54) is 6.08 Å². The van der Waals surface area contributed by atoms with Crippen LogP contribution in [0.4, 0.5) is 17.6 Å². The number of Topliss-reactive ketones (excluding diaryl/α,β-unsaturated/α-hetero) is 1. The van der Waals surface area contributed by atoms with Gasteiger partial charge in [-0.25, -0.2) is 4.39 Å². The van der Waals surface area contributed by atoms with Crippen molar-refractivity contribution in [3.63, 3.8) is 0 Å². The van der Waals surface area contributed by atoms with Crippen molar-refractivity contribution >= 4 is 5.78 Å². The number of halogens is 4. The first-order valence-corrected chi connectivity index (χ1v) is 5.14. The first kappa shape index (κ1) is 12.6. The van der Waals surface area contributed by atoms with E-state index in [1.54, 1.807) is 0 Å². The van der Waals surface area contributed by atoms with Gasteiger partial charge in [-0.05, 0) is 24.3 Å². The monoisotopic (exact) mass is 260 g/mol. The van der Waals surface area contributed by atoms with Gasteiger partial charge in [-0.3, -0.25) is 4.79 Å². The number of rotatable bonds is 2. The lowest BCUT2D eigenvalue weighted by molar-refractivity contribution is -0.140. The lowest BCUT2D eigenvalue weighted by Crippen LogP contribution is -2.11. The maximum absolute atomic E-state index is 13.0. The standard InChI is InChI=1S/C12H8F4O2/c13-9-4-3-7(6-8(9)12(14,15)16)11(17)10-2-1-5-18-10/h2-4,6H,1,5H2. The van der Waals surface area contributed by atoms with Gasteiger partial charge in [0, 0.05) is 12.0 Å². The summed E-state index contributed by atoms with van der Waals surface area (Å²) in [5.41, 5.74) is -1.69. The minimum absolute atomic E-state index is 0.00901. The summed E-state index contributed by atoms with van der Waals surface area (Å²) in [6, 6.07) is 2.14. The highest BCUT2D eigenvalue weighted by Gasteiger charge is 2.35. The number of hydrogen-bond acceptors (Lipinski definition) is 2. The van der Waals surface area contributed by atoms with E-state index in [9.17, 15) is 22.4 Å². The Bertz CT molecular complexity index is 517. The number of alkyl halides is 3. The maximum Gasteiger partial charge on any atom is 0.419 e. The molecule has 1 aromatic rings. The Labute approximate surface area is 99.9 Å². The van der Waals surface area contributed by atoms with Crippen molar-refractivity contribution in [1.29, 1.82) is 0 Å². The van der Waals surface area contributed by atoms with E-state index in [-0.39, 0.29) is 11.3 Å². The van der Waals surface area contributed by atoms with Crippen molar-refractivity contribution in [1.82, 2.24) is 0 Å². The van der Waals surface area contributed by atoms with Crippen LogP contribution in [0.3, 0.4) is 0 Å². The molecule has 0 unspecified atom stereocenters. The van der Waals surface area contributed by atoms with Crippen molar-refractivity contribution in [3.8, 4) is 0 Å². The molecule has 2 rings (SSSR count). The molecule has 0 fully saturated rings. The highest BCUT2D eigenvalue weighted by atomic mass is 19.4. The van der Waals surface area contributed by atoms with Gasteiger partial charge >= 0.3 is 6.18 Å². The van der Waals surface area contributed by atoms with Crippen LogP contribution < -0.4 is 0 Å². The second kappa shape index (κ2) is 4.44. The van der Waals surface area contributed by atoms with Crippen molar-refractivity contribution in [2.75, 3.05) is 6.61 Å². The van der Waals surface area contributed by atoms with Gasteiger partial charge in [0.15, 0.2) is 5.76 Å². The highest BCUT2D eigenvalue weighted by molar-refractivity contribution is 6.07. The lowest BCUT2D eigenvalue weighted by atomic mass is 10.0. The molecular weight excluding hydrogens is 252 g/mol. The third-order valence-corrected chi connectivity index (χ3v) is 2.46. The Morgan fingerprint density at radius 3 is 2.56 bits per heavy atom. The smallest absolute Gasteiger partial charge is 0.419 e. The fourth-order valence-electron chi connectivity index (χ4n) is 1.60. The molecule has 0 saturated heterocycles. The number of ketones is 1. The summed E-state index contributed by atoms with van der Waals surface area (Å²) >= 11 is 0. The summed E-state index contributed by atoms with van der Waals surface area (Å²) in [5, 5.41) is 0. The Morgan fingerprint density at radius 1 is 1.28 bits per heavy atom. The Hall–Kier alpha value is -1.85. The molecule has 0 radical (unpaired) electrons. The molecule has 0 spiro atoms. The molecule has 1 aromatic carbocycles. The highest BCUT2D eigenvalue weighted by Crippen LogP contribution is 2.32.